The molecule has 1 aromatic rings. The predicted molar refractivity (Wildman–Crippen MR) is 101 cm³/mol. The number of aromatic nitrogens is 2. The molecule has 6 atom stereocenters. The fourth-order valence-electron chi connectivity index (χ4n) is 3.08. The Morgan fingerprint density at radius 1 is 1.12 bits per heavy atom. The molecular weight excluding hydrogens is 505 g/mol. The lowest BCUT2D eigenvalue weighted by atomic mass is 9.98. The van der Waals surface area contributed by atoms with Gasteiger partial charge in [0, 0.05) is 12.3 Å². The molecule has 0 aromatic carbocycles. The second-order valence-electron chi connectivity index (χ2n) is 6.55. The SMILES string of the molecule is CCC[C@@]1(n2ccc(=O)[nH]c2=O)O[C@H](COP(=O)(O)OP(=O)(O)OP(=O)(O)O)[C@@H](O)[C@H]1O. The van der Waals surface area contributed by atoms with Gasteiger partial charge in [0.05, 0.1) is 6.61 Å². The lowest BCUT2D eigenvalue weighted by Crippen LogP contribution is -2.51. The van der Waals surface area contributed by atoms with Gasteiger partial charge < -0.3 is 34.5 Å². The van der Waals surface area contributed by atoms with Crippen molar-refractivity contribution in [2.45, 2.75) is 43.8 Å². The molecule has 0 aliphatic carbocycles. The van der Waals surface area contributed by atoms with Crippen LogP contribution in [0.25, 0.3) is 0 Å². The number of aliphatic hydroxyl groups excluding tert-OH is 2. The molecule has 1 aliphatic heterocycles. The van der Waals surface area contributed by atoms with E-state index >= 15 is 0 Å². The Hall–Kier alpha value is -1.03. The molecule has 32 heavy (non-hydrogen) atoms. The van der Waals surface area contributed by atoms with Crippen molar-refractivity contribution >= 4 is 23.5 Å². The Balaban J connectivity index is 2.22. The van der Waals surface area contributed by atoms with Crippen molar-refractivity contribution in [3.8, 4) is 0 Å². The van der Waals surface area contributed by atoms with Gasteiger partial charge in [0.1, 0.15) is 18.3 Å². The van der Waals surface area contributed by atoms with Crippen molar-refractivity contribution in [1.29, 1.82) is 0 Å². The third-order valence-corrected chi connectivity index (χ3v) is 7.98. The maximum atomic E-state index is 12.2. The third kappa shape index (κ3) is 6.52. The zero-order valence-electron chi connectivity index (χ0n) is 16.2. The van der Waals surface area contributed by atoms with Gasteiger partial charge >= 0.3 is 29.2 Å². The first-order valence-corrected chi connectivity index (χ1v) is 13.2. The van der Waals surface area contributed by atoms with Gasteiger partial charge in [-0.2, -0.15) is 8.62 Å². The third-order valence-electron chi connectivity index (χ3n) is 4.18. The van der Waals surface area contributed by atoms with Gasteiger partial charge in [-0.15, -0.1) is 0 Å². The van der Waals surface area contributed by atoms with Crippen LogP contribution < -0.4 is 11.2 Å². The molecule has 1 aromatic heterocycles. The van der Waals surface area contributed by atoms with Crippen LogP contribution in [0.3, 0.4) is 0 Å². The summed E-state index contributed by atoms with van der Waals surface area (Å²) in [5, 5.41) is 20.9. The molecule has 0 bridgehead atoms. The number of phosphoric ester groups is 1. The van der Waals surface area contributed by atoms with E-state index in [2.05, 4.69) is 13.1 Å². The van der Waals surface area contributed by atoms with Crippen LogP contribution in [0.5, 0.6) is 0 Å². The van der Waals surface area contributed by atoms with Gasteiger partial charge in [0.15, 0.2) is 5.72 Å². The number of H-pyrrole nitrogens is 1. The summed E-state index contributed by atoms with van der Waals surface area (Å²) < 4.78 is 51.8. The van der Waals surface area contributed by atoms with E-state index in [1.165, 1.54) is 0 Å². The van der Waals surface area contributed by atoms with Crippen molar-refractivity contribution in [2.24, 2.45) is 0 Å². The second-order valence-corrected chi connectivity index (χ2v) is 11.0. The van der Waals surface area contributed by atoms with E-state index < -0.39 is 65.4 Å². The first kappa shape index (κ1) is 27.2. The summed E-state index contributed by atoms with van der Waals surface area (Å²) in [5.74, 6) is 0. The summed E-state index contributed by atoms with van der Waals surface area (Å²) in [4.78, 5) is 61.2. The molecule has 0 amide bonds. The highest BCUT2D eigenvalue weighted by Gasteiger charge is 2.56. The Bertz CT molecular complexity index is 1080. The van der Waals surface area contributed by atoms with Crippen molar-refractivity contribution in [1.82, 2.24) is 9.55 Å². The summed E-state index contributed by atoms with van der Waals surface area (Å²) >= 11 is 0. The van der Waals surface area contributed by atoms with Crippen LogP contribution >= 0.6 is 23.5 Å². The van der Waals surface area contributed by atoms with Crippen LogP contribution in [0.4, 0.5) is 0 Å². The van der Waals surface area contributed by atoms with E-state index in [1.807, 2.05) is 4.98 Å². The Labute approximate surface area is 178 Å². The molecule has 2 rings (SSSR count). The molecule has 1 saturated heterocycles. The Morgan fingerprint density at radius 2 is 1.75 bits per heavy atom. The highest BCUT2D eigenvalue weighted by Crippen LogP contribution is 2.66. The zero-order chi connectivity index (χ0) is 24.5. The number of aromatic amines is 1. The van der Waals surface area contributed by atoms with Crippen molar-refractivity contribution in [3.63, 3.8) is 0 Å². The number of rotatable bonds is 10. The topological polar surface area (TPSA) is 264 Å². The monoisotopic (exact) mass is 526 g/mol. The molecular formula is C12H21N2O15P3. The fraction of sp³-hybridized carbons (Fsp3) is 0.667. The van der Waals surface area contributed by atoms with Gasteiger partial charge in [0.25, 0.3) is 5.56 Å². The predicted octanol–water partition coefficient (Wildman–Crippen LogP) is -1.55. The minimum atomic E-state index is -5.75. The lowest BCUT2D eigenvalue weighted by Gasteiger charge is -2.33. The number of aliphatic hydroxyl groups is 2. The molecule has 2 heterocycles. The quantitative estimate of drug-likeness (QED) is 0.170. The van der Waals surface area contributed by atoms with Crippen LogP contribution in [-0.4, -0.2) is 64.3 Å². The first-order chi connectivity index (χ1) is 14.5. The van der Waals surface area contributed by atoms with Crippen molar-refractivity contribution in [3.05, 3.63) is 33.1 Å². The molecule has 2 unspecified atom stereocenters. The second kappa shape index (κ2) is 9.68. The smallest absolute Gasteiger partial charge is 0.387 e. The molecule has 0 radical (unpaired) electrons. The lowest BCUT2D eigenvalue weighted by molar-refractivity contribution is -0.154. The minimum Gasteiger partial charge on any atom is -0.387 e. The average molecular weight is 526 g/mol. The number of nitrogens with zero attached hydrogens (tertiary/aromatic N) is 1. The van der Waals surface area contributed by atoms with Crippen LogP contribution in [0.15, 0.2) is 21.9 Å². The highest BCUT2D eigenvalue weighted by molar-refractivity contribution is 7.66. The van der Waals surface area contributed by atoms with Crippen LogP contribution in [-0.2, 0) is 37.3 Å². The van der Waals surface area contributed by atoms with E-state index in [4.69, 9.17) is 19.4 Å². The Morgan fingerprint density at radius 3 is 2.28 bits per heavy atom. The summed E-state index contributed by atoms with van der Waals surface area (Å²) in [6, 6.07) is 0.959. The van der Waals surface area contributed by atoms with Gasteiger partial charge in [0.2, 0.25) is 0 Å². The number of hydrogen-bond donors (Lipinski definition) is 7. The van der Waals surface area contributed by atoms with Crippen molar-refractivity contribution in [2.75, 3.05) is 6.61 Å². The van der Waals surface area contributed by atoms with Gasteiger partial charge in [-0.25, -0.2) is 18.5 Å². The fourth-order valence-corrected chi connectivity index (χ4v) is 6.11. The number of phosphoric acid groups is 3. The van der Waals surface area contributed by atoms with E-state index in [0.29, 0.717) is 6.42 Å². The van der Waals surface area contributed by atoms with E-state index in [1.54, 1.807) is 6.92 Å². The molecule has 7 N–H and O–H groups in total. The van der Waals surface area contributed by atoms with Gasteiger partial charge in [-0.1, -0.05) is 13.3 Å². The minimum absolute atomic E-state index is 0.0665. The normalized spacial score (nSPS) is 30.0. The van der Waals surface area contributed by atoms with E-state index in [9.17, 15) is 38.4 Å². The molecule has 184 valence electrons. The summed E-state index contributed by atoms with van der Waals surface area (Å²) in [6.07, 6.45) is -3.95. The first-order valence-electron chi connectivity index (χ1n) is 8.67. The largest absolute Gasteiger partial charge is 0.490 e. The van der Waals surface area contributed by atoms with Crippen LogP contribution in [0.2, 0.25) is 0 Å². The molecule has 20 heteroatoms. The maximum Gasteiger partial charge on any atom is 0.490 e. The maximum absolute atomic E-state index is 12.2. The highest BCUT2D eigenvalue weighted by atomic mass is 31.3. The summed E-state index contributed by atoms with van der Waals surface area (Å²) in [5.41, 5.74) is -3.64. The molecule has 0 spiro atoms. The summed E-state index contributed by atoms with van der Waals surface area (Å²) in [6.45, 7) is 0.603. The van der Waals surface area contributed by atoms with Gasteiger partial charge in [-0.05, 0) is 6.42 Å². The molecule has 17 nitrogen and oxygen atoms in total. The zero-order valence-corrected chi connectivity index (χ0v) is 18.8. The number of hydrogen-bond acceptors (Lipinski definition) is 11. The van der Waals surface area contributed by atoms with Crippen LogP contribution in [0.1, 0.15) is 19.8 Å². The standard InChI is InChI=1S/C12H21N2O15P3/c1-2-4-12(14-5-3-8(15)13-11(14)18)10(17)9(16)7(27-12)6-26-31(22,23)29-32(24,25)28-30(19,20)21/h3,5,7,9-10,16-17H,2,4,6H2,1H3,(H,22,23)(H,24,25)(H,13,15,18)(H2,19,20,21)/t7-,9-,10-,12-/m1/s1. The Kier molecular flexibility index (Phi) is 8.23. The number of ether oxygens (including phenoxy) is 1. The summed E-state index contributed by atoms with van der Waals surface area (Å²) in [7, 11) is -16.8. The molecule has 1 fully saturated rings. The molecule has 0 saturated carbocycles. The number of nitrogens with one attached hydrogen (secondary N) is 1. The average Bonchev–Trinajstić information content (AvgIpc) is 2.83. The van der Waals surface area contributed by atoms with Crippen LogP contribution in [0, 0.1) is 0 Å². The van der Waals surface area contributed by atoms with E-state index in [0.717, 1.165) is 16.8 Å². The molecule has 1 aliphatic rings. The van der Waals surface area contributed by atoms with Gasteiger partial charge in [-0.3, -0.25) is 18.9 Å². The van der Waals surface area contributed by atoms with E-state index in [-0.39, 0.29) is 6.42 Å². The van der Waals surface area contributed by atoms with Crippen molar-refractivity contribution < 1.29 is 61.4 Å².